The fourth-order valence-corrected chi connectivity index (χ4v) is 2.42. The molecule has 1 aromatic carbocycles. The standard InChI is InChI=1S/C12H15BrN4O/c1-14-7-8-6-9(18-3)4-5-10(8)11-12(13)15-16-17(11)2/h4-6,14H,7H2,1-3H3. The maximum absolute atomic E-state index is 5.26. The predicted molar refractivity (Wildman–Crippen MR) is 73.5 cm³/mol. The highest BCUT2D eigenvalue weighted by molar-refractivity contribution is 9.10. The Bertz CT molecular complexity index is 534. The molecule has 0 aliphatic carbocycles. The first-order valence-corrected chi connectivity index (χ1v) is 6.33. The van der Waals surface area contributed by atoms with E-state index in [1.807, 2.05) is 32.3 Å². The third-order valence-corrected chi connectivity index (χ3v) is 3.25. The van der Waals surface area contributed by atoms with Crippen molar-refractivity contribution in [3.05, 3.63) is 28.4 Å². The summed E-state index contributed by atoms with van der Waals surface area (Å²) >= 11 is 3.43. The molecule has 0 atom stereocenters. The van der Waals surface area contributed by atoms with Crippen molar-refractivity contribution in [3.63, 3.8) is 0 Å². The zero-order valence-corrected chi connectivity index (χ0v) is 12.2. The van der Waals surface area contributed by atoms with Crippen LogP contribution in [0.2, 0.25) is 0 Å². The van der Waals surface area contributed by atoms with Crippen LogP contribution in [0.4, 0.5) is 0 Å². The average molecular weight is 311 g/mol. The van der Waals surface area contributed by atoms with Gasteiger partial charge in [0.25, 0.3) is 0 Å². The molecule has 2 aromatic rings. The topological polar surface area (TPSA) is 52.0 Å². The van der Waals surface area contributed by atoms with Crippen molar-refractivity contribution in [2.45, 2.75) is 6.54 Å². The summed E-state index contributed by atoms with van der Waals surface area (Å²) in [6.07, 6.45) is 0. The minimum atomic E-state index is 0.743. The summed E-state index contributed by atoms with van der Waals surface area (Å²) in [5, 5.41) is 11.2. The predicted octanol–water partition coefficient (Wildman–Crippen LogP) is 1.97. The summed E-state index contributed by atoms with van der Waals surface area (Å²) in [7, 11) is 5.46. The summed E-state index contributed by atoms with van der Waals surface area (Å²) in [5.41, 5.74) is 3.19. The van der Waals surface area contributed by atoms with Gasteiger partial charge in [-0.1, -0.05) is 5.21 Å². The van der Waals surface area contributed by atoms with E-state index in [-0.39, 0.29) is 0 Å². The summed E-state index contributed by atoms with van der Waals surface area (Å²) < 4.78 is 7.75. The van der Waals surface area contributed by atoms with Crippen molar-refractivity contribution in [2.75, 3.05) is 14.2 Å². The molecule has 96 valence electrons. The molecule has 0 aliphatic rings. The summed E-state index contributed by atoms with van der Waals surface area (Å²) in [6, 6.07) is 5.98. The lowest BCUT2D eigenvalue weighted by atomic mass is 10.0. The lowest BCUT2D eigenvalue weighted by Crippen LogP contribution is -2.08. The fourth-order valence-electron chi connectivity index (χ4n) is 1.88. The molecule has 0 bridgehead atoms. The number of aromatic nitrogens is 3. The summed E-state index contributed by atoms with van der Waals surface area (Å²) in [6.45, 7) is 0.754. The first kappa shape index (κ1) is 13.0. The van der Waals surface area contributed by atoms with Crippen LogP contribution in [-0.2, 0) is 13.6 Å². The van der Waals surface area contributed by atoms with Gasteiger partial charge >= 0.3 is 0 Å². The number of halogens is 1. The molecule has 0 unspecified atom stereocenters. The highest BCUT2D eigenvalue weighted by Crippen LogP contribution is 2.31. The van der Waals surface area contributed by atoms with Crippen LogP contribution in [0.5, 0.6) is 5.75 Å². The maximum atomic E-state index is 5.26. The van der Waals surface area contributed by atoms with Crippen LogP contribution in [0.15, 0.2) is 22.8 Å². The van der Waals surface area contributed by atoms with Crippen molar-refractivity contribution < 1.29 is 4.74 Å². The van der Waals surface area contributed by atoms with Gasteiger partial charge in [0.05, 0.1) is 7.11 Å². The number of hydrogen-bond donors (Lipinski definition) is 1. The van der Waals surface area contributed by atoms with Gasteiger partial charge in [-0.05, 0) is 46.7 Å². The zero-order chi connectivity index (χ0) is 13.1. The third kappa shape index (κ3) is 2.39. The smallest absolute Gasteiger partial charge is 0.156 e. The molecule has 0 amide bonds. The Labute approximate surface area is 114 Å². The van der Waals surface area contributed by atoms with Crippen molar-refractivity contribution in [3.8, 4) is 17.0 Å². The van der Waals surface area contributed by atoms with Crippen LogP contribution in [-0.4, -0.2) is 29.2 Å². The second kappa shape index (κ2) is 5.49. The number of methoxy groups -OCH3 is 1. The Morgan fingerprint density at radius 2 is 2.22 bits per heavy atom. The SMILES string of the molecule is CNCc1cc(OC)ccc1-c1c(Br)nnn1C. The van der Waals surface area contributed by atoms with Crippen LogP contribution in [0.25, 0.3) is 11.3 Å². The van der Waals surface area contributed by atoms with Crippen LogP contribution < -0.4 is 10.1 Å². The van der Waals surface area contributed by atoms with Gasteiger partial charge in [0.2, 0.25) is 0 Å². The van der Waals surface area contributed by atoms with Crippen molar-refractivity contribution >= 4 is 15.9 Å². The number of ether oxygens (including phenoxy) is 1. The lowest BCUT2D eigenvalue weighted by Gasteiger charge is -2.11. The molecule has 5 nitrogen and oxygen atoms in total. The molecule has 0 spiro atoms. The minimum Gasteiger partial charge on any atom is -0.497 e. The molecule has 1 heterocycles. The second-order valence-corrected chi connectivity index (χ2v) is 4.66. The molecular formula is C12H15BrN4O. The van der Waals surface area contributed by atoms with E-state index in [1.54, 1.807) is 11.8 Å². The summed E-state index contributed by atoms with van der Waals surface area (Å²) in [4.78, 5) is 0. The average Bonchev–Trinajstić information content (AvgIpc) is 2.70. The maximum Gasteiger partial charge on any atom is 0.156 e. The van der Waals surface area contributed by atoms with Gasteiger partial charge in [-0.2, -0.15) is 0 Å². The van der Waals surface area contributed by atoms with E-state index < -0.39 is 0 Å². The van der Waals surface area contributed by atoms with Crippen molar-refractivity contribution in [2.24, 2.45) is 7.05 Å². The van der Waals surface area contributed by atoms with Gasteiger partial charge < -0.3 is 10.1 Å². The van der Waals surface area contributed by atoms with E-state index in [0.717, 1.165) is 33.7 Å². The van der Waals surface area contributed by atoms with E-state index in [0.29, 0.717) is 0 Å². The van der Waals surface area contributed by atoms with Crippen LogP contribution >= 0.6 is 15.9 Å². The lowest BCUT2D eigenvalue weighted by molar-refractivity contribution is 0.414. The largest absolute Gasteiger partial charge is 0.497 e. The Morgan fingerprint density at radius 1 is 1.44 bits per heavy atom. The molecule has 1 N–H and O–H groups in total. The quantitative estimate of drug-likeness (QED) is 0.938. The van der Waals surface area contributed by atoms with E-state index in [9.17, 15) is 0 Å². The van der Waals surface area contributed by atoms with E-state index in [2.05, 4.69) is 31.6 Å². The van der Waals surface area contributed by atoms with Gasteiger partial charge in [-0.3, -0.25) is 0 Å². The van der Waals surface area contributed by atoms with Crippen LogP contribution in [0.3, 0.4) is 0 Å². The number of nitrogens with zero attached hydrogens (tertiary/aromatic N) is 3. The number of hydrogen-bond acceptors (Lipinski definition) is 4. The zero-order valence-electron chi connectivity index (χ0n) is 10.6. The van der Waals surface area contributed by atoms with E-state index in [1.165, 1.54) is 0 Å². The Morgan fingerprint density at radius 3 is 2.78 bits per heavy atom. The fraction of sp³-hybridized carbons (Fsp3) is 0.333. The van der Waals surface area contributed by atoms with Gasteiger partial charge in [0.15, 0.2) is 4.60 Å². The van der Waals surface area contributed by atoms with Gasteiger partial charge in [-0.15, -0.1) is 5.10 Å². The Balaban J connectivity index is 2.56. The van der Waals surface area contributed by atoms with Gasteiger partial charge in [0.1, 0.15) is 11.4 Å². The first-order chi connectivity index (χ1) is 8.67. The Kier molecular flexibility index (Phi) is 3.98. The van der Waals surface area contributed by atoms with Crippen molar-refractivity contribution in [1.82, 2.24) is 20.3 Å². The Hall–Kier alpha value is -1.40. The number of aryl methyl sites for hydroxylation is 1. The molecule has 0 aliphatic heterocycles. The molecular weight excluding hydrogens is 296 g/mol. The van der Waals surface area contributed by atoms with Gasteiger partial charge in [-0.25, -0.2) is 4.68 Å². The van der Waals surface area contributed by atoms with Gasteiger partial charge in [0, 0.05) is 19.2 Å². The molecule has 6 heteroatoms. The highest BCUT2D eigenvalue weighted by atomic mass is 79.9. The second-order valence-electron chi connectivity index (χ2n) is 3.91. The number of nitrogens with one attached hydrogen (secondary N) is 1. The normalized spacial score (nSPS) is 10.7. The number of benzene rings is 1. The first-order valence-electron chi connectivity index (χ1n) is 5.54. The molecule has 0 radical (unpaired) electrons. The molecule has 0 saturated heterocycles. The minimum absolute atomic E-state index is 0.743. The third-order valence-electron chi connectivity index (χ3n) is 2.72. The molecule has 2 rings (SSSR count). The van der Waals surface area contributed by atoms with Crippen molar-refractivity contribution in [1.29, 1.82) is 0 Å². The number of rotatable bonds is 4. The molecule has 0 fully saturated rings. The van der Waals surface area contributed by atoms with Crippen LogP contribution in [0, 0.1) is 0 Å². The van der Waals surface area contributed by atoms with Crippen LogP contribution in [0.1, 0.15) is 5.56 Å². The van der Waals surface area contributed by atoms with E-state index in [4.69, 9.17) is 4.74 Å². The highest BCUT2D eigenvalue weighted by Gasteiger charge is 2.14. The molecule has 0 saturated carbocycles. The molecule has 1 aromatic heterocycles. The van der Waals surface area contributed by atoms with E-state index >= 15 is 0 Å². The summed E-state index contributed by atoms with van der Waals surface area (Å²) in [5.74, 6) is 0.843. The monoisotopic (exact) mass is 310 g/mol. The molecule has 18 heavy (non-hydrogen) atoms.